The van der Waals surface area contributed by atoms with Gasteiger partial charge in [-0.15, -0.1) is 0 Å². The number of carbonyl (C=O) groups is 1. The van der Waals surface area contributed by atoms with Crippen LogP contribution in [0.4, 0.5) is 0 Å². The normalized spacial score (nSPS) is 15.8. The van der Waals surface area contributed by atoms with Crippen molar-refractivity contribution in [2.24, 2.45) is 0 Å². The van der Waals surface area contributed by atoms with E-state index >= 15 is 0 Å². The predicted octanol–water partition coefficient (Wildman–Crippen LogP) is 5.89. The Balaban J connectivity index is 1.82. The number of nitrogens with zero attached hydrogens (tertiary/aromatic N) is 1. The molecular weight excluding hydrogens is 414 g/mol. The molecule has 1 aromatic heterocycles. The first-order chi connectivity index (χ1) is 15.7. The van der Waals surface area contributed by atoms with Crippen molar-refractivity contribution in [1.29, 1.82) is 0 Å². The predicted molar refractivity (Wildman–Crippen MR) is 131 cm³/mol. The first kappa shape index (κ1) is 23.2. The summed E-state index contributed by atoms with van der Waals surface area (Å²) in [7, 11) is 0. The van der Waals surface area contributed by atoms with Crippen molar-refractivity contribution >= 4 is 16.9 Å². The molecule has 5 nitrogen and oxygen atoms in total. The Kier molecular flexibility index (Phi) is 6.44. The summed E-state index contributed by atoms with van der Waals surface area (Å²) in [4.78, 5) is 28.9. The lowest BCUT2D eigenvalue weighted by molar-refractivity contribution is 0.0593. The molecule has 2 aromatic carbocycles. The molecule has 1 aliphatic heterocycles. The maximum absolute atomic E-state index is 13.7. The number of hydrogen-bond acceptors (Lipinski definition) is 4. The first-order valence-electron chi connectivity index (χ1n) is 11.8. The van der Waals surface area contributed by atoms with Gasteiger partial charge in [0.1, 0.15) is 5.58 Å². The molecule has 0 N–H and O–H groups in total. The summed E-state index contributed by atoms with van der Waals surface area (Å²) < 4.78 is 11.8. The Labute approximate surface area is 195 Å². The van der Waals surface area contributed by atoms with E-state index in [9.17, 15) is 9.59 Å². The molecule has 4 rings (SSSR count). The van der Waals surface area contributed by atoms with Crippen LogP contribution in [-0.2, 0) is 4.74 Å². The fourth-order valence-electron chi connectivity index (χ4n) is 4.47. The summed E-state index contributed by atoms with van der Waals surface area (Å²) in [5, 5.41) is 0.526. The van der Waals surface area contributed by atoms with Gasteiger partial charge < -0.3 is 14.1 Å². The molecule has 1 aliphatic rings. The van der Waals surface area contributed by atoms with Gasteiger partial charge in [-0.2, -0.15) is 0 Å². The zero-order valence-corrected chi connectivity index (χ0v) is 20.4. The lowest BCUT2D eigenvalue weighted by atomic mass is 9.95. The average Bonchev–Trinajstić information content (AvgIpc) is 3.04. The second-order valence-corrected chi connectivity index (χ2v) is 9.60. The Morgan fingerprint density at radius 1 is 1.00 bits per heavy atom. The third-order valence-electron chi connectivity index (χ3n) is 6.50. The van der Waals surface area contributed by atoms with E-state index in [1.54, 1.807) is 4.90 Å². The third kappa shape index (κ3) is 4.34. The molecule has 0 unspecified atom stereocenters. The van der Waals surface area contributed by atoms with E-state index in [1.807, 2.05) is 52.0 Å². The highest BCUT2D eigenvalue weighted by Gasteiger charge is 2.42. The van der Waals surface area contributed by atoms with Crippen LogP contribution in [0.1, 0.15) is 84.4 Å². The van der Waals surface area contributed by atoms with Gasteiger partial charge in [-0.1, -0.05) is 38.1 Å². The van der Waals surface area contributed by atoms with Gasteiger partial charge in [-0.3, -0.25) is 9.59 Å². The van der Waals surface area contributed by atoms with Crippen LogP contribution in [0.3, 0.4) is 0 Å². The SMILES string of the molecule is Cc1cc2oc3c(c(=O)c2cc1C)[C@@H](c1ccc(C(C)C)cc1)N(CCCOC(C)C)C3=O. The molecule has 174 valence electrons. The van der Waals surface area contributed by atoms with E-state index in [0.29, 0.717) is 42.0 Å². The van der Waals surface area contributed by atoms with Gasteiger partial charge in [-0.05, 0) is 74.4 Å². The Morgan fingerprint density at radius 2 is 1.67 bits per heavy atom. The minimum absolute atomic E-state index is 0.124. The molecule has 1 amide bonds. The molecule has 0 aliphatic carbocycles. The van der Waals surface area contributed by atoms with E-state index in [4.69, 9.17) is 9.15 Å². The van der Waals surface area contributed by atoms with E-state index in [2.05, 4.69) is 26.0 Å². The van der Waals surface area contributed by atoms with Crippen LogP contribution in [0.2, 0.25) is 0 Å². The lowest BCUT2D eigenvalue weighted by Crippen LogP contribution is -2.31. The largest absolute Gasteiger partial charge is 0.450 e. The van der Waals surface area contributed by atoms with Crippen LogP contribution in [0.25, 0.3) is 11.0 Å². The van der Waals surface area contributed by atoms with Crippen LogP contribution in [0, 0.1) is 13.8 Å². The van der Waals surface area contributed by atoms with E-state index in [-0.39, 0.29) is 23.2 Å². The van der Waals surface area contributed by atoms with Crippen molar-refractivity contribution < 1.29 is 13.9 Å². The summed E-state index contributed by atoms with van der Waals surface area (Å²) in [5.74, 6) is 0.337. The summed E-state index contributed by atoms with van der Waals surface area (Å²) in [6.07, 6.45) is 0.820. The van der Waals surface area contributed by atoms with Gasteiger partial charge in [0, 0.05) is 13.2 Å². The van der Waals surface area contributed by atoms with Crippen molar-refractivity contribution in [2.75, 3.05) is 13.2 Å². The maximum Gasteiger partial charge on any atom is 0.290 e. The minimum Gasteiger partial charge on any atom is -0.450 e. The molecule has 33 heavy (non-hydrogen) atoms. The smallest absolute Gasteiger partial charge is 0.290 e. The zero-order chi connectivity index (χ0) is 23.9. The topological polar surface area (TPSA) is 59.8 Å². The van der Waals surface area contributed by atoms with Gasteiger partial charge in [0.15, 0.2) is 5.43 Å². The van der Waals surface area contributed by atoms with Crippen LogP contribution in [0.15, 0.2) is 45.6 Å². The number of ether oxygens (including phenoxy) is 1. The first-order valence-corrected chi connectivity index (χ1v) is 11.8. The van der Waals surface area contributed by atoms with Crippen molar-refractivity contribution in [3.63, 3.8) is 0 Å². The van der Waals surface area contributed by atoms with E-state index in [0.717, 1.165) is 16.7 Å². The van der Waals surface area contributed by atoms with Gasteiger partial charge in [0.2, 0.25) is 5.76 Å². The van der Waals surface area contributed by atoms with E-state index < -0.39 is 6.04 Å². The van der Waals surface area contributed by atoms with Gasteiger partial charge in [0.05, 0.1) is 23.1 Å². The highest BCUT2D eigenvalue weighted by atomic mass is 16.5. The second kappa shape index (κ2) is 9.14. The number of hydrogen-bond donors (Lipinski definition) is 0. The van der Waals surface area contributed by atoms with Gasteiger partial charge in [0.25, 0.3) is 5.91 Å². The van der Waals surface area contributed by atoms with Crippen LogP contribution < -0.4 is 5.43 Å². The number of rotatable bonds is 7. The fraction of sp³-hybridized carbons (Fsp3) is 0.429. The number of fused-ring (bicyclic) bond motifs is 2. The van der Waals surface area contributed by atoms with Crippen LogP contribution >= 0.6 is 0 Å². The molecule has 0 saturated carbocycles. The van der Waals surface area contributed by atoms with Gasteiger partial charge >= 0.3 is 0 Å². The Hall–Kier alpha value is -2.92. The minimum atomic E-state index is -0.463. The molecule has 1 atom stereocenters. The number of carbonyl (C=O) groups excluding carboxylic acids is 1. The highest BCUT2D eigenvalue weighted by molar-refractivity contribution is 5.99. The molecule has 0 fully saturated rings. The molecule has 3 aromatic rings. The molecule has 0 radical (unpaired) electrons. The molecule has 2 heterocycles. The standard InChI is InChI=1S/C28H33NO4/c1-16(2)20-8-10-21(11-9-20)25-24-26(30)22-14-18(5)19(6)15-23(22)33-27(24)28(31)29(25)12-7-13-32-17(3)4/h8-11,14-17,25H,7,12-13H2,1-6H3/t25-/m1/s1. The monoisotopic (exact) mass is 447 g/mol. The highest BCUT2D eigenvalue weighted by Crippen LogP contribution is 2.38. The molecule has 0 saturated heterocycles. The van der Waals surface area contributed by atoms with Crippen molar-refractivity contribution in [1.82, 2.24) is 4.90 Å². The second-order valence-electron chi connectivity index (χ2n) is 9.60. The molecular formula is C28H33NO4. The number of benzene rings is 2. The van der Waals surface area contributed by atoms with Crippen molar-refractivity contribution in [3.05, 3.63) is 80.2 Å². The quantitative estimate of drug-likeness (QED) is 0.424. The molecule has 0 spiro atoms. The number of amides is 1. The summed E-state index contributed by atoms with van der Waals surface area (Å²) in [6.45, 7) is 13.3. The van der Waals surface area contributed by atoms with Gasteiger partial charge in [-0.25, -0.2) is 0 Å². The molecule has 5 heteroatoms. The van der Waals surface area contributed by atoms with Crippen molar-refractivity contribution in [2.45, 2.75) is 66.0 Å². The average molecular weight is 448 g/mol. The third-order valence-corrected chi connectivity index (χ3v) is 6.50. The van der Waals surface area contributed by atoms with E-state index in [1.165, 1.54) is 5.56 Å². The zero-order valence-electron chi connectivity index (χ0n) is 20.4. The molecule has 0 bridgehead atoms. The summed E-state index contributed by atoms with van der Waals surface area (Å²) in [5.41, 5.74) is 4.98. The fourth-order valence-corrected chi connectivity index (χ4v) is 4.47. The summed E-state index contributed by atoms with van der Waals surface area (Å²) >= 11 is 0. The Bertz CT molecular complexity index is 1240. The lowest BCUT2D eigenvalue weighted by Gasteiger charge is -2.25. The Morgan fingerprint density at radius 3 is 2.30 bits per heavy atom. The van der Waals surface area contributed by atoms with Crippen molar-refractivity contribution in [3.8, 4) is 0 Å². The number of aryl methyl sites for hydroxylation is 2. The van der Waals surface area contributed by atoms with Crippen LogP contribution in [0.5, 0.6) is 0 Å². The maximum atomic E-state index is 13.7. The summed E-state index contributed by atoms with van der Waals surface area (Å²) in [6, 6.07) is 11.5. The van der Waals surface area contributed by atoms with Crippen LogP contribution in [-0.4, -0.2) is 30.1 Å².